The van der Waals surface area contributed by atoms with Crippen LogP contribution in [0, 0.1) is 5.92 Å². The molecule has 2 unspecified atom stereocenters. The Balaban J connectivity index is 2.36. The molecule has 0 aromatic heterocycles. The zero-order valence-corrected chi connectivity index (χ0v) is 14.3. The van der Waals surface area contributed by atoms with E-state index >= 15 is 0 Å². The van der Waals surface area contributed by atoms with E-state index in [2.05, 4.69) is 0 Å². The molecule has 1 N–H and O–H groups in total. The molecular formula is C16H21NO5S. The minimum absolute atomic E-state index is 0.160. The molecule has 1 aliphatic heterocycles. The van der Waals surface area contributed by atoms with Crippen LogP contribution >= 0.6 is 0 Å². The fraction of sp³-hybridized carbons (Fsp3) is 0.500. The van der Waals surface area contributed by atoms with E-state index in [0.717, 1.165) is 6.26 Å². The van der Waals surface area contributed by atoms with Crippen LogP contribution in [0.2, 0.25) is 0 Å². The lowest BCUT2D eigenvalue weighted by Gasteiger charge is -2.23. The normalized spacial score (nSPS) is 21.4. The highest BCUT2D eigenvalue weighted by molar-refractivity contribution is 7.90. The monoisotopic (exact) mass is 339 g/mol. The van der Waals surface area contributed by atoms with Crippen LogP contribution in [0.1, 0.15) is 36.2 Å². The molecule has 1 fully saturated rings. The van der Waals surface area contributed by atoms with Crippen LogP contribution in [0.25, 0.3) is 0 Å². The molecule has 1 aliphatic rings. The minimum atomic E-state index is -3.43. The number of amides is 1. The van der Waals surface area contributed by atoms with Crippen LogP contribution < -0.4 is 0 Å². The molecule has 7 heteroatoms. The molecule has 2 atom stereocenters. The first-order valence-electron chi connectivity index (χ1n) is 7.53. The van der Waals surface area contributed by atoms with Crippen molar-refractivity contribution in [2.75, 3.05) is 12.8 Å². The Morgan fingerprint density at radius 3 is 2.48 bits per heavy atom. The predicted octanol–water partition coefficient (Wildman–Crippen LogP) is 1.59. The van der Waals surface area contributed by atoms with Crippen molar-refractivity contribution < 1.29 is 23.1 Å². The summed E-state index contributed by atoms with van der Waals surface area (Å²) in [4.78, 5) is 25.5. The summed E-state index contributed by atoms with van der Waals surface area (Å²) >= 11 is 0. The summed E-state index contributed by atoms with van der Waals surface area (Å²) in [5.74, 6) is -1.82. The van der Waals surface area contributed by atoms with Crippen molar-refractivity contribution >= 4 is 21.7 Å². The average molecular weight is 339 g/mol. The number of carboxylic acids is 1. The van der Waals surface area contributed by atoms with E-state index in [1.165, 1.54) is 11.0 Å². The van der Waals surface area contributed by atoms with Gasteiger partial charge in [-0.1, -0.05) is 13.0 Å². The second-order valence-corrected chi connectivity index (χ2v) is 7.90. The molecule has 1 aromatic rings. The number of hydrogen-bond acceptors (Lipinski definition) is 4. The number of sulfone groups is 1. The van der Waals surface area contributed by atoms with Crippen molar-refractivity contribution in [1.82, 2.24) is 4.90 Å². The molecule has 23 heavy (non-hydrogen) atoms. The number of carbonyl (C=O) groups is 2. The maximum atomic E-state index is 12.6. The maximum Gasteiger partial charge on any atom is 0.308 e. The third kappa shape index (κ3) is 3.39. The van der Waals surface area contributed by atoms with Crippen molar-refractivity contribution in [3.05, 3.63) is 29.3 Å². The highest BCUT2D eigenvalue weighted by Crippen LogP contribution is 2.27. The van der Waals surface area contributed by atoms with E-state index in [0.29, 0.717) is 24.9 Å². The van der Waals surface area contributed by atoms with Crippen molar-refractivity contribution in [1.29, 1.82) is 0 Å². The molecule has 6 nitrogen and oxygen atoms in total. The predicted molar refractivity (Wildman–Crippen MR) is 85.2 cm³/mol. The van der Waals surface area contributed by atoms with Gasteiger partial charge >= 0.3 is 5.97 Å². The van der Waals surface area contributed by atoms with E-state index in [4.69, 9.17) is 5.11 Å². The molecule has 1 heterocycles. The second-order valence-electron chi connectivity index (χ2n) is 5.92. The fourth-order valence-corrected chi connectivity index (χ4v) is 4.08. The van der Waals surface area contributed by atoms with Crippen LogP contribution in [0.5, 0.6) is 0 Å². The molecule has 1 amide bonds. The minimum Gasteiger partial charge on any atom is -0.481 e. The smallest absolute Gasteiger partial charge is 0.308 e. The van der Waals surface area contributed by atoms with Gasteiger partial charge in [-0.25, -0.2) is 8.42 Å². The van der Waals surface area contributed by atoms with Gasteiger partial charge in [-0.2, -0.15) is 0 Å². The molecule has 0 bridgehead atoms. The number of aliphatic carboxylic acids is 1. The van der Waals surface area contributed by atoms with E-state index in [-0.39, 0.29) is 16.4 Å². The molecule has 0 radical (unpaired) electrons. The van der Waals surface area contributed by atoms with Gasteiger partial charge < -0.3 is 10.0 Å². The SMILES string of the molecule is CCc1ccc(C(=O)N2CCC(C(=O)O)C2C)cc1S(C)(=O)=O. The fourth-order valence-electron chi connectivity index (χ4n) is 3.05. The van der Waals surface area contributed by atoms with Gasteiger partial charge in [0.2, 0.25) is 0 Å². The molecule has 0 spiro atoms. The Morgan fingerprint density at radius 1 is 1.35 bits per heavy atom. The van der Waals surface area contributed by atoms with Gasteiger partial charge in [0, 0.05) is 24.4 Å². The lowest BCUT2D eigenvalue weighted by atomic mass is 10.0. The molecule has 0 aliphatic carbocycles. The number of rotatable bonds is 4. The Labute approximate surface area is 136 Å². The van der Waals surface area contributed by atoms with E-state index < -0.39 is 27.8 Å². The average Bonchev–Trinajstić information content (AvgIpc) is 2.86. The Bertz CT molecular complexity index is 741. The summed E-state index contributed by atoms with van der Waals surface area (Å²) in [6.45, 7) is 3.92. The lowest BCUT2D eigenvalue weighted by molar-refractivity contribution is -0.142. The molecule has 1 saturated heterocycles. The van der Waals surface area contributed by atoms with Crippen LogP contribution in [-0.2, 0) is 21.1 Å². The van der Waals surface area contributed by atoms with Gasteiger partial charge in [0.1, 0.15) is 0 Å². The summed E-state index contributed by atoms with van der Waals surface area (Å²) in [5.41, 5.74) is 0.947. The number of likely N-dealkylation sites (tertiary alicyclic amines) is 1. The number of hydrogen-bond donors (Lipinski definition) is 1. The van der Waals surface area contributed by atoms with Gasteiger partial charge in [-0.15, -0.1) is 0 Å². The van der Waals surface area contributed by atoms with Gasteiger partial charge in [0.25, 0.3) is 5.91 Å². The highest BCUT2D eigenvalue weighted by Gasteiger charge is 2.38. The van der Waals surface area contributed by atoms with Crippen molar-refractivity contribution in [3.63, 3.8) is 0 Å². The molecule has 1 aromatic carbocycles. The van der Waals surface area contributed by atoms with E-state index in [1.54, 1.807) is 19.1 Å². The third-order valence-corrected chi connectivity index (χ3v) is 5.61. The summed E-state index contributed by atoms with van der Waals surface area (Å²) < 4.78 is 23.8. The molecule has 2 rings (SSSR count). The van der Waals surface area contributed by atoms with E-state index in [9.17, 15) is 18.0 Å². The second kappa shape index (κ2) is 6.31. The molecule has 0 saturated carbocycles. The summed E-state index contributed by atoms with van der Waals surface area (Å²) in [5, 5.41) is 9.16. The maximum absolute atomic E-state index is 12.6. The lowest BCUT2D eigenvalue weighted by Crippen LogP contribution is -2.37. The first-order chi connectivity index (χ1) is 10.7. The van der Waals surface area contributed by atoms with Gasteiger partial charge in [0.05, 0.1) is 10.8 Å². The highest BCUT2D eigenvalue weighted by atomic mass is 32.2. The number of benzene rings is 1. The van der Waals surface area contributed by atoms with Crippen molar-refractivity contribution in [3.8, 4) is 0 Å². The quantitative estimate of drug-likeness (QED) is 0.899. The van der Waals surface area contributed by atoms with E-state index in [1.807, 2.05) is 6.92 Å². The van der Waals surface area contributed by atoms with Crippen LogP contribution in [0.3, 0.4) is 0 Å². The Kier molecular flexibility index (Phi) is 4.79. The Hall–Kier alpha value is -1.89. The standard InChI is InChI=1S/C16H21NO5S/c1-4-11-5-6-12(9-14(11)23(3,21)22)15(18)17-8-7-13(10(17)2)16(19)20/h5-6,9-10,13H,4,7-8H2,1-3H3,(H,19,20). The summed E-state index contributed by atoms with van der Waals surface area (Å²) in [6.07, 6.45) is 2.08. The first-order valence-corrected chi connectivity index (χ1v) is 9.42. The summed E-state index contributed by atoms with van der Waals surface area (Å²) in [6, 6.07) is 4.25. The van der Waals surface area contributed by atoms with Crippen molar-refractivity contribution in [2.24, 2.45) is 5.92 Å². The van der Waals surface area contributed by atoms with Gasteiger partial charge in [-0.05, 0) is 37.5 Å². The Morgan fingerprint density at radius 2 is 2.00 bits per heavy atom. The zero-order valence-electron chi connectivity index (χ0n) is 13.4. The number of carbonyl (C=O) groups excluding carboxylic acids is 1. The number of nitrogens with zero attached hydrogens (tertiary/aromatic N) is 1. The number of aryl methyl sites for hydroxylation is 1. The van der Waals surface area contributed by atoms with Gasteiger partial charge in [-0.3, -0.25) is 9.59 Å². The van der Waals surface area contributed by atoms with Crippen LogP contribution in [0.4, 0.5) is 0 Å². The van der Waals surface area contributed by atoms with Gasteiger partial charge in [0.15, 0.2) is 9.84 Å². The first kappa shape index (κ1) is 17.5. The molecular weight excluding hydrogens is 318 g/mol. The zero-order chi connectivity index (χ0) is 17.4. The summed E-state index contributed by atoms with van der Waals surface area (Å²) in [7, 11) is -3.43. The van der Waals surface area contributed by atoms with Crippen LogP contribution in [0.15, 0.2) is 23.1 Å². The molecule has 126 valence electrons. The van der Waals surface area contributed by atoms with Crippen LogP contribution in [-0.4, -0.2) is 49.1 Å². The largest absolute Gasteiger partial charge is 0.481 e. The topological polar surface area (TPSA) is 91.8 Å². The third-order valence-electron chi connectivity index (χ3n) is 4.43. The number of carboxylic acid groups (broad SMARTS) is 1. The van der Waals surface area contributed by atoms with Crippen molar-refractivity contribution in [2.45, 2.75) is 37.6 Å².